The molecule has 1 saturated heterocycles. The maximum absolute atomic E-state index is 12.4. The highest BCUT2D eigenvalue weighted by Gasteiger charge is 2.22. The summed E-state index contributed by atoms with van der Waals surface area (Å²) in [6, 6.07) is -0.132. The number of aliphatic imine (C=N–C) groups is 1. The normalized spacial score (nSPS) is 19.8. The van der Waals surface area contributed by atoms with Crippen LogP contribution in [0.4, 0.5) is 4.79 Å². The van der Waals surface area contributed by atoms with Crippen LogP contribution < -0.4 is 5.32 Å². The lowest BCUT2D eigenvalue weighted by Gasteiger charge is -2.35. The Labute approximate surface area is 192 Å². The zero-order valence-corrected chi connectivity index (χ0v) is 19.0. The summed E-state index contributed by atoms with van der Waals surface area (Å²) in [7, 11) is 0. The summed E-state index contributed by atoms with van der Waals surface area (Å²) in [6.07, 6.45) is 18.2. The molecule has 172 valence electrons. The van der Waals surface area contributed by atoms with E-state index in [4.69, 9.17) is 4.74 Å². The van der Waals surface area contributed by atoms with Gasteiger partial charge in [0.2, 0.25) is 0 Å². The van der Waals surface area contributed by atoms with Crippen LogP contribution in [-0.4, -0.2) is 68.0 Å². The molecule has 6 heteroatoms. The van der Waals surface area contributed by atoms with E-state index in [1.54, 1.807) is 12.2 Å². The first-order valence-electron chi connectivity index (χ1n) is 11.1. The molecule has 2 aliphatic rings. The van der Waals surface area contributed by atoms with Crippen molar-refractivity contribution in [3.63, 3.8) is 0 Å². The molecule has 1 unspecified atom stereocenters. The average Bonchev–Trinajstić information content (AvgIpc) is 2.81. The van der Waals surface area contributed by atoms with Crippen molar-refractivity contribution in [2.24, 2.45) is 4.99 Å². The first kappa shape index (κ1) is 25.3. The van der Waals surface area contributed by atoms with Crippen LogP contribution in [0.2, 0.25) is 0 Å². The molecule has 0 aromatic carbocycles. The number of urea groups is 1. The summed E-state index contributed by atoms with van der Waals surface area (Å²) in [5.74, 6) is 0. The maximum atomic E-state index is 12.4. The fraction of sp³-hybridized carbons (Fsp3) is 0.385. The molecule has 2 rings (SSSR count). The van der Waals surface area contributed by atoms with Crippen LogP contribution in [-0.2, 0) is 4.74 Å². The van der Waals surface area contributed by atoms with E-state index >= 15 is 0 Å². The van der Waals surface area contributed by atoms with Crippen molar-refractivity contribution >= 4 is 12.7 Å². The Balaban J connectivity index is 1.74. The number of carbonyl (C=O) groups is 1. The quantitative estimate of drug-likeness (QED) is 0.280. The van der Waals surface area contributed by atoms with Crippen molar-refractivity contribution in [2.45, 2.75) is 25.4 Å². The first-order chi connectivity index (χ1) is 15.6. The van der Waals surface area contributed by atoms with Crippen molar-refractivity contribution in [2.75, 3.05) is 39.3 Å². The van der Waals surface area contributed by atoms with Gasteiger partial charge in [0, 0.05) is 45.5 Å². The minimum absolute atomic E-state index is 0.125. The van der Waals surface area contributed by atoms with Gasteiger partial charge in [0.15, 0.2) is 0 Å². The summed E-state index contributed by atoms with van der Waals surface area (Å²) in [6.45, 7) is 19.3. The molecule has 6 nitrogen and oxygen atoms in total. The topological polar surface area (TPSA) is 57.2 Å². The lowest BCUT2D eigenvalue weighted by Crippen LogP contribution is -2.51. The molecule has 1 N–H and O–H groups in total. The van der Waals surface area contributed by atoms with Crippen molar-refractivity contribution in [1.82, 2.24) is 15.1 Å². The zero-order chi connectivity index (χ0) is 23.2. The van der Waals surface area contributed by atoms with Gasteiger partial charge in [-0.1, -0.05) is 56.2 Å². The molecule has 1 aliphatic heterocycles. The van der Waals surface area contributed by atoms with Crippen LogP contribution in [0.1, 0.15) is 19.3 Å². The lowest BCUT2D eigenvalue weighted by molar-refractivity contribution is 0.0836. The monoisotopic (exact) mass is 436 g/mol. The SMILES string of the molecule is C=C/C=C(\C=C)CCCOC1C=C(CN2CCN(C(=O)N/C(C=C)=C/N=C)CC2)C=CC1. The second kappa shape index (κ2) is 14.2. The van der Waals surface area contributed by atoms with Gasteiger partial charge in [-0.15, -0.1) is 0 Å². The van der Waals surface area contributed by atoms with Crippen LogP contribution in [0.3, 0.4) is 0 Å². The van der Waals surface area contributed by atoms with Crippen LogP contribution in [0.15, 0.2) is 90.3 Å². The lowest BCUT2D eigenvalue weighted by atomic mass is 10.0. The molecule has 0 spiro atoms. The Morgan fingerprint density at radius 2 is 2.00 bits per heavy atom. The number of allylic oxidation sites excluding steroid dienone is 5. The number of rotatable bonds is 12. The Morgan fingerprint density at radius 3 is 2.66 bits per heavy atom. The number of carbonyl (C=O) groups excluding carboxylic acids is 1. The fourth-order valence-electron chi connectivity index (χ4n) is 3.66. The van der Waals surface area contributed by atoms with Gasteiger partial charge >= 0.3 is 6.03 Å². The fourth-order valence-corrected chi connectivity index (χ4v) is 3.66. The molecule has 32 heavy (non-hydrogen) atoms. The van der Waals surface area contributed by atoms with Crippen LogP contribution in [0, 0.1) is 0 Å². The highest BCUT2D eigenvalue weighted by Crippen LogP contribution is 2.17. The summed E-state index contributed by atoms with van der Waals surface area (Å²) < 4.78 is 6.07. The predicted molar refractivity (Wildman–Crippen MR) is 134 cm³/mol. The zero-order valence-electron chi connectivity index (χ0n) is 19.0. The number of amides is 2. The molecule has 2 amide bonds. The molecule has 1 fully saturated rings. The first-order valence-corrected chi connectivity index (χ1v) is 11.1. The van der Waals surface area contributed by atoms with E-state index in [0.717, 1.165) is 45.5 Å². The number of ether oxygens (including phenoxy) is 1. The van der Waals surface area contributed by atoms with Gasteiger partial charge in [0.25, 0.3) is 0 Å². The van der Waals surface area contributed by atoms with Gasteiger partial charge in [-0.3, -0.25) is 9.89 Å². The van der Waals surface area contributed by atoms with Crippen LogP contribution in [0.25, 0.3) is 0 Å². The molecule has 0 aromatic rings. The third-order valence-corrected chi connectivity index (χ3v) is 5.40. The van der Waals surface area contributed by atoms with Crippen molar-refractivity contribution in [3.05, 3.63) is 85.3 Å². The number of piperazine rings is 1. The summed E-state index contributed by atoms with van der Waals surface area (Å²) in [5, 5.41) is 2.81. The minimum atomic E-state index is -0.132. The Bertz CT molecular complexity index is 799. The Morgan fingerprint density at radius 1 is 1.22 bits per heavy atom. The van der Waals surface area contributed by atoms with E-state index in [1.165, 1.54) is 17.3 Å². The van der Waals surface area contributed by atoms with E-state index < -0.39 is 0 Å². The van der Waals surface area contributed by atoms with E-state index in [-0.39, 0.29) is 12.1 Å². The second-order valence-electron chi connectivity index (χ2n) is 7.74. The van der Waals surface area contributed by atoms with Gasteiger partial charge in [0.1, 0.15) is 0 Å². The van der Waals surface area contributed by atoms with E-state index in [9.17, 15) is 4.79 Å². The van der Waals surface area contributed by atoms with Crippen LogP contribution >= 0.6 is 0 Å². The molecule has 1 heterocycles. The standard InChI is InChI=1S/C26H36N4O2/c1-5-10-22(6-2)12-9-18-32-25-13-8-11-23(19-25)21-29-14-16-30(17-15-29)26(31)28-24(7-3)20-27-4/h5-8,10-11,19-20,25H,1-4,9,12-18,21H2,(H,28,31)/b22-10+,24-20+. The summed E-state index contributed by atoms with van der Waals surface area (Å²) >= 11 is 0. The number of hydrogen-bond donors (Lipinski definition) is 1. The maximum Gasteiger partial charge on any atom is 0.321 e. The van der Waals surface area contributed by atoms with Gasteiger partial charge < -0.3 is 15.0 Å². The largest absolute Gasteiger partial charge is 0.374 e. The molecular formula is C26H36N4O2. The van der Waals surface area contributed by atoms with Gasteiger partial charge in [-0.2, -0.15) is 0 Å². The molecular weight excluding hydrogens is 400 g/mol. The Hall–Kier alpha value is -2.96. The summed E-state index contributed by atoms with van der Waals surface area (Å²) in [5.41, 5.74) is 3.00. The molecule has 1 aliphatic carbocycles. The molecule has 0 aromatic heterocycles. The van der Waals surface area contributed by atoms with Gasteiger partial charge in [-0.25, -0.2) is 4.79 Å². The van der Waals surface area contributed by atoms with Crippen molar-refractivity contribution in [1.29, 1.82) is 0 Å². The third-order valence-electron chi connectivity index (χ3n) is 5.40. The minimum Gasteiger partial charge on any atom is -0.374 e. The highest BCUT2D eigenvalue weighted by molar-refractivity contribution is 5.76. The van der Waals surface area contributed by atoms with Gasteiger partial charge in [0.05, 0.1) is 11.8 Å². The average molecular weight is 437 g/mol. The number of nitrogens with one attached hydrogen (secondary N) is 1. The van der Waals surface area contributed by atoms with Crippen LogP contribution in [0.5, 0.6) is 0 Å². The molecule has 0 bridgehead atoms. The van der Waals surface area contributed by atoms with E-state index in [0.29, 0.717) is 18.8 Å². The molecule has 0 radical (unpaired) electrons. The van der Waals surface area contributed by atoms with E-state index in [1.807, 2.05) is 17.1 Å². The smallest absolute Gasteiger partial charge is 0.321 e. The molecule has 0 saturated carbocycles. The summed E-state index contributed by atoms with van der Waals surface area (Å²) in [4.78, 5) is 20.3. The van der Waals surface area contributed by atoms with Crippen molar-refractivity contribution < 1.29 is 9.53 Å². The Kier molecular flexibility index (Phi) is 11.2. The number of hydrogen-bond acceptors (Lipinski definition) is 4. The second-order valence-corrected chi connectivity index (χ2v) is 7.74. The predicted octanol–water partition coefficient (Wildman–Crippen LogP) is 4.39. The third kappa shape index (κ3) is 8.65. The van der Waals surface area contributed by atoms with Gasteiger partial charge in [-0.05, 0) is 43.2 Å². The van der Waals surface area contributed by atoms with Crippen molar-refractivity contribution in [3.8, 4) is 0 Å². The number of nitrogens with zero attached hydrogens (tertiary/aromatic N) is 3. The molecule has 1 atom stereocenters. The highest BCUT2D eigenvalue weighted by atomic mass is 16.5. The van der Waals surface area contributed by atoms with E-state index in [2.05, 4.69) is 59.9 Å².